The molecule has 4 heteroatoms. The number of rotatable bonds is 3. The normalized spacial score (nSPS) is 13.5. The quantitative estimate of drug-likeness (QED) is 0.803. The number of hydrogen-bond acceptors (Lipinski definition) is 2. The van der Waals surface area contributed by atoms with E-state index in [0.29, 0.717) is 10.9 Å². The van der Waals surface area contributed by atoms with Crippen LogP contribution in [0.15, 0.2) is 24.3 Å². The highest BCUT2D eigenvalue weighted by molar-refractivity contribution is 7.70. The highest BCUT2D eigenvalue weighted by atomic mass is 31.2. The number of carboxylic acids is 1. The molecule has 0 saturated heterocycles. The summed E-state index contributed by atoms with van der Waals surface area (Å²) in [7, 11) is -2.41. The van der Waals surface area contributed by atoms with Gasteiger partial charge in [-0.2, -0.15) is 0 Å². The van der Waals surface area contributed by atoms with Gasteiger partial charge < -0.3 is 9.67 Å². The van der Waals surface area contributed by atoms with Crippen molar-refractivity contribution in [1.29, 1.82) is 0 Å². The minimum absolute atomic E-state index is 0.616. The van der Waals surface area contributed by atoms with Gasteiger partial charge in [-0.25, -0.2) is 0 Å². The van der Waals surface area contributed by atoms with Crippen molar-refractivity contribution in [3.8, 4) is 0 Å². The number of carbonyl (C=O) groups is 1. The number of benzene rings is 1. The lowest BCUT2D eigenvalue weighted by Crippen LogP contribution is -2.17. The van der Waals surface area contributed by atoms with Crippen LogP contribution in [-0.2, 0) is 9.36 Å². The predicted octanol–water partition coefficient (Wildman–Crippen LogP) is 2.12. The molecule has 0 aliphatic carbocycles. The molecule has 1 unspecified atom stereocenters. The first-order chi connectivity index (χ1) is 6.84. The van der Waals surface area contributed by atoms with Crippen molar-refractivity contribution in [2.75, 3.05) is 13.3 Å². The molecular weight excluding hydrogens is 211 g/mol. The first-order valence-electron chi connectivity index (χ1n) is 4.71. The van der Waals surface area contributed by atoms with Crippen LogP contribution in [0.4, 0.5) is 0 Å². The lowest BCUT2D eigenvalue weighted by Gasteiger charge is -2.15. The molecule has 1 aromatic rings. The summed E-state index contributed by atoms with van der Waals surface area (Å²) in [5, 5.41) is 9.60. The van der Waals surface area contributed by atoms with Crippen LogP contribution in [0.2, 0.25) is 0 Å². The molecule has 0 bridgehead atoms. The fraction of sp³-hybridized carbons (Fsp3) is 0.364. The topological polar surface area (TPSA) is 54.4 Å². The van der Waals surface area contributed by atoms with E-state index in [2.05, 4.69) is 0 Å². The van der Waals surface area contributed by atoms with Gasteiger partial charge in [-0.05, 0) is 25.8 Å². The molecule has 0 saturated carbocycles. The molecule has 0 aliphatic heterocycles. The van der Waals surface area contributed by atoms with Gasteiger partial charge in [0.2, 0.25) is 0 Å². The van der Waals surface area contributed by atoms with E-state index in [4.69, 9.17) is 5.11 Å². The Bertz CT molecular complexity index is 420. The summed E-state index contributed by atoms with van der Waals surface area (Å²) in [5.41, 5.74) is 0.651. The second-order valence-electron chi connectivity index (χ2n) is 3.97. The molecular formula is C11H15O3P. The Morgan fingerprint density at radius 1 is 1.33 bits per heavy atom. The molecule has 82 valence electrons. The fourth-order valence-corrected chi connectivity index (χ4v) is 2.81. The Morgan fingerprint density at radius 2 is 1.87 bits per heavy atom. The Labute approximate surface area is 89.5 Å². The van der Waals surface area contributed by atoms with E-state index in [1.807, 2.05) is 0 Å². The first-order valence-corrected chi connectivity index (χ1v) is 7.31. The largest absolute Gasteiger partial charge is 0.481 e. The summed E-state index contributed by atoms with van der Waals surface area (Å²) in [5.74, 6) is -1.51. The van der Waals surface area contributed by atoms with Crippen LogP contribution in [0.5, 0.6) is 0 Å². The van der Waals surface area contributed by atoms with Crippen LogP contribution >= 0.6 is 7.14 Å². The van der Waals surface area contributed by atoms with Crippen LogP contribution in [0, 0.1) is 0 Å². The molecule has 15 heavy (non-hydrogen) atoms. The fourth-order valence-electron chi connectivity index (χ4n) is 1.48. The molecule has 0 aromatic heterocycles. The average Bonchev–Trinajstić information content (AvgIpc) is 2.15. The Balaban J connectivity index is 3.30. The van der Waals surface area contributed by atoms with Gasteiger partial charge >= 0.3 is 5.97 Å². The van der Waals surface area contributed by atoms with Gasteiger partial charge in [0.05, 0.1) is 5.92 Å². The highest BCUT2D eigenvalue weighted by Gasteiger charge is 2.22. The maximum Gasteiger partial charge on any atom is 0.310 e. The Hall–Kier alpha value is -1.08. The minimum atomic E-state index is -2.41. The van der Waals surface area contributed by atoms with Crippen LogP contribution in [0.25, 0.3) is 0 Å². The van der Waals surface area contributed by atoms with Crippen molar-refractivity contribution in [1.82, 2.24) is 0 Å². The molecule has 0 fully saturated rings. The van der Waals surface area contributed by atoms with Gasteiger partial charge in [0.1, 0.15) is 7.14 Å². The number of hydrogen-bond donors (Lipinski definition) is 1. The summed E-state index contributed by atoms with van der Waals surface area (Å²) < 4.78 is 12.0. The second kappa shape index (κ2) is 4.19. The summed E-state index contributed by atoms with van der Waals surface area (Å²) >= 11 is 0. The molecule has 0 aliphatic rings. The van der Waals surface area contributed by atoms with E-state index in [0.717, 1.165) is 0 Å². The van der Waals surface area contributed by atoms with E-state index in [9.17, 15) is 9.36 Å². The molecule has 0 radical (unpaired) electrons. The molecule has 1 N–H and O–H groups in total. The zero-order chi connectivity index (χ0) is 11.6. The third-order valence-electron chi connectivity index (χ3n) is 2.35. The lowest BCUT2D eigenvalue weighted by molar-refractivity contribution is -0.138. The molecule has 1 aromatic carbocycles. The summed E-state index contributed by atoms with van der Waals surface area (Å²) in [6.07, 6.45) is 0. The maximum atomic E-state index is 12.0. The third kappa shape index (κ3) is 2.69. The third-order valence-corrected chi connectivity index (χ3v) is 3.92. The van der Waals surface area contributed by atoms with Crippen molar-refractivity contribution in [3.63, 3.8) is 0 Å². The van der Waals surface area contributed by atoms with E-state index in [-0.39, 0.29) is 0 Å². The van der Waals surface area contributed by atoms with Crippen LogP contribution in [0.1, 0.15) is 18.4 Å². The zero-order valence-electron chi connectivity index (χ0n) is 9.10. The molecule has 1 rings (SSSR count). The number of aliphatic carboxylic acids is 1. The predicted molar refractivity (Wildman–Crippen MR) is 61.6 cm³/mol. The van der Waals surface area contributed by atoms with Crippen LogP contribution in [0.3, 0.4) is 0 Å². The van der Waals surface area contributed by atoms with Crippen molar-refractivity contribution < 1.29 is 14.5 Å². The number of carboxylic acid groups (broad SMARTS) is 1. The molecule has 3 nitrogen and oxygen atoms in total. The highest BCUT2D eigenvalue weighted by Crippen LogP contribution is 2.37. The van der Waals surface area contributed by atoms with Crippen molar-refractivity contribution in [2.24, 2.45) is 0 Å². The maximum absolute atomic E-state index is 12.0. The Kier molecular flexibility index (Phi) is 3.35. The van der Waals surface area contributed by atoms with Gasteiger partial charge in [0.15, 0.2) is 0 Å². The van der Waals surface area contributed by atoms with Gasteiger partial charge in [0, 0.05) is 5.30 Å². The van der Waals surface area contributed by atoms with E-state index < -0.39 is 19.0 Å². The first kappa shape index (κ1) is 12.0. The van der Waals surface area contributed by atoms with E-state index >= 15 is 0 Å². The average molecular weight is 226 g/mol. The second-order valence-corrected chi connectivity index (χ2v) is 7.15. The molecule has 0 spiro atoms. The standard InChI is InChI=1S/C11H15O3P/c1-8(11(12)13)9-6-4-5-7-10(9)15(2,3)14/h4-8H,1-3H3,(H,12,13). The molecule has 0 amide bonds. The SMILES string of the molecule is CC(C(=O)O)c1ccccc1P(C)(C)=O. The van der Waals surface area contributed by atoms with Gasteiger partial charge in [-0.1, -0.05) is 24.3 Å². The van der Waals surface area contributed by atoms with Crippen LogP contribution < -0.4 is 5.30 Å². The van der Waals surface area contributed by atoms with Gasteiger partial charge in [0.25, 0.3) is 0 Å². The van der Waals surface area contributed by atoms with Gasteiger partial charge in [-0.3, -0.25) is 4.79 Å². The van der Waals surface area contributed by atoms with Crippen molar-refractivity contribution in [3.05, 3.63) is 29.8 Å². The van der Waals surface area contributed by atoms with E-state index in [1.165, 1.54) is 0 Å². The summed E-state index contributed by atoms with van der Waals surface area (Å²) in [6.45, 7) is 4.91. The molecule has 1 atom stereocenters. The van der Waals surface area contributed by atoms with Crippen LogP contribution in [-0.4, -0.2) is 24.4 Å². The van der Waals surface area contributed by atoms with E-state index in [1.54, 1.807) is 44.5 Å². The van der Waals surface area contributed by atoms with Gasteiger partial charge in [-0.15, -0.1) is 0 Å². The summed E-state index contributed by atoms with van der Waals surface area (Å²) in [6, 6.07) is 7.03. The monoisotopic (exact) mass is 226 g/mol. The van der Waals surface area contributed by atoms with Crippen molar-refractivity contribution >= 4 is 18.4 Å². The minimum Gasteiger partial charge on any atom is -0.481 e. The Morgan fingerprint density at radius 3 is 2.33 bits per heavy atom. The lowest BCUT2D eigenvalue weighted by atomic mass is 10.0. The zero-order valence-corrected chi connectivity index (χ0v) is 9.99. The van der Waals surface area contributed by atoms with Crippen molar-refractivity contribution in [2.45, 2.75) is 12.8 Å². The smallest absolute Gasteiger partial charge is 0.310 e. The molecule has 0 heterocycles. The summed E-state index contributed by atoms with van der Waals surface area (Å²) in [4.78, 5) is 10.9.